The SMILES string of the molecule is CC(C)c1cc2c3c(c1)N(c1ccccc1)c1c(sc4c1-c1ccccc1C41c4ccccc4-c4ccccc41)B3c1cc3c(cc1N2c1ccccc1)C1(c2ccccc2-c2ccccc21)c1ccccc1-3. The number of hydrogen-bond acceptors (Lipinski definition) is 3. The third-order valence-electron chi connectivity index (χ3n) is 17.6. The summed E-state index contributed by atoms with van der Waals surface area (Å²) >= 11 is 2.07. The van der Waals surface area contributed by atoms with Crippen molar-refractivity contribution in [2.75, 3.05) is 9.80 Å². The van der Waals surface area contributed by atoms with Crippen LogP contribution in [0.1, 0.15) is 69.2 Å². The Morgan fingerprint density at radius 2 is 0.795 bits per heavy atom. The van der Waals surface area contributed by atoms with Gasteiger partial charge in [0.25, 0.3) is 6.71 Å². The van der Waals surface area contributed by atoms with Crippen LogP contribution in [0.25, 0.3) is 44.5 Å². The third kappa shape index (κ3) is 4.74. The molecule has 6 aliphatic rings. The molecular weight excluding hydrogens is 900 g/mol. The van der Waals surface area contributed by atoms with Crippen LogP contribution in [0.15, 0.2) is 231 Å². The quantitative estimate of drug-likeness (QED) is 0.163. The molecule has 1 aromatic heterocycles. The Morgan fingerprint density at radius 3 is 1.30 bits per heavy atom. The summed E-state index contributed by atoms with van der Waals surface area (Å²) in [5, 5.41) is 0. The lowest BCUT2D eigenvalue weighted by Crippen LogP contribution is -2.60. The van der Waals surface area contributed by atoms with Crippen LogP contribution in [-0.2, 0) is 10.8 Å². The molecule has 73 heavy (non-hydrogen) atoms. The molecule has 0 atom stereocenters. The summed E-state index contributed by atoms with van der Waals surface area (Å²) in [5.74, 6) is 0.283. The summed E-state index contributed by atoms with van der Waals surface area (Å²) in [7, 11) is 0. The van der Waals surface area contributed by atoms with Gasteiger partial charge in [0.05, 0.1) is 16.5 Å². The van der Waals surface area contributed by atoms with Crippen LogP contribution in [0.3, 0.4) is 0 Å². The van der Waals surface area contributed by atoms with Gasteiger partial charge in [-0.25, -0.2) is 0 Å². The molecule has 0 saturated carbocycles. The molecule has 0 fully saturated rings. The van der Waals surface area contributed by atoms with Crippen molar-refractivity contribution < 1.29 is 0 Å². The first-order valence-electron chi connectivity index (χ1n) is 25.9. The monoisotopic (exact) mass is 944 g/mol. The summed E-state index contributed by atoms with van der Waals surface area (Å²) in [6, 6.07) is 88.4. The lowest BCUT2D eigenvalue weighted by molar-refractivity contribution is 0.794. The Hall–Kier alpha value is -8.44. The van der Waals surface area contributed by atoms with Gasteiger partial charge in [-0.15, -0.1) is 11.3 Å². The number of thiophene rings is 1. The normalized spacial score (nSPS) is 15.2. The molecule has 0 N–H and O–H groups in total. The van der Waals surface area contributed by atoms with Gasteiger partial charge in [0.2, 0.25) is 0 Å². The van der Waals surface area contributed by atoms with E-state index in [1.165, 1.54) is 144 Å². The van der Waals surface area contributed by atoms with E-state index in [9.17, 15) is 0 Å². The second kappa shape index (κ2) is 14.2. The van der Waals surface area contributed by atoms with Crippen LogP contribution < -0.4 is 25.5 Å². The van der Waals surface area contributed by atoms with E-state index < -0.39 is 10.8 Å². The average Bonchev–Trinajstić information content (AvgIpc) is 4.24. The van der Waals surface area contributed by atoms with Crippen molar-refractivity contribution in [2.45, 2.75) is 30.6 Å². The highest BCUT2D eigenvalue weighted by Crippen LogP contribution is 2.68. The zero-order valence-electron chi connectivity index (χ0n) is 40.4. The smallest absolute Gasteiger partial charge is 0.264 e. The minimum atomic E-state index is -0.479. The highest BCUT2D eigenvalue weighted by Gasteiger charge is 2.58. The van der Waals surface area contributed by atoms with Gasteiger partial charge in [-0.2, -0.15) is 0 Å². The number of fused-ring (bicyclic) bond motifs is 25. The lowest BCUT2D eigenvalue weighted by Gasteiger charge is -2.44. The first-order chi connectivity index (χ1) is 36.1. The maximum Gasteiger partial charge on any atom is 0.264 e. The number of hydrogen-bond donors (Lipinski definition) is 0. The number of nitrogens with zero attached hydrogens (tertiary/aromatic N) is 2. The van der Waals surface area contributed by atoms with Crippen molar-refractivity contribution in [3.05, 3.63) is 280 Å². The van der Waals surface area contributed by atoms with Crippen molar-refractivity contribution in [2.24, 2.45) is 0 Å². The second-order valence-corrected chi connectivity index (χ2v) is 22.2. The van der Waals surface area contributed by atoms with E-state index in [-0.39, 0.29) is 12.6 Å². The van der Waals surface area contributed by atoms with Gasteiger partial charge in [0, 0.05) is 43.7 Å². The molecule has 4 aliphatic carbocycles. The molecule has 0 bridgehead atoms. The Kier molecular flexibility index (Phi) is 7.80. The summed E-state index contributed by atoms with van der Waals surface area (Å²) in [5.41, 5.74) is 30.8. The number of para-hydroxylation sites is 2. The van der Waals surface area contributed by atoms with Crippen LogP contribution in [0, 0.1) is 0 Å². The largest absolute Gasteiger partial charge is 0.311 e. The molecule has 0 saturated heterocycles. The standard InChI is InChI=1S/C69H45BN2S/c1-41(2)42-37-61-64-62(38-42)72(44-23-7-4-8-24-44)65-63-50-30-14-20-36-57(50)69(55-34-18-11-27-47(55)48-28-12-19-35-56(48)69)66(63)73-67(65)70(64)59-39-51-49-29-13-17-33-54(49)68(58(51)40-60(59)71(61)43-21-5-3-6-22-43)52-31-15-9-25-45(52)46-26-10-16-32-53(46)68/h3-41H,1-2H3. The third-order valence-corrected chi connectivity index (χ3v) is 19.0. The molecule has 2 aliphatic heterocycles. The zero-order chi connectivity index (χ0) is 47.9. The van der Waals surface area contributed by atoms with E-state index in [0.717, 1.165) is 0 Å². The maximum absolute atomic E-state index is 2.67. The fourth-order valence-electron chi connectivity index (χ4n) is 14.9. The van der Waals surface area contributed by atoms with Crippen LogP contribution in [-0.4, -0.2) is 6.71 Å². The maximum atomic E-state index is 2.67. The van der Waals surface area contributed by atoms with Gasteiger partial charge in [-0.3, -0.25) is 0 Å². The lowest BCUT2D eigenvalue weighted by atomic mass is 9.36. The minimum Gasteiger partial charge on any atom is -0.311 e. The summed E-state index contributed by atoms with van der Waals surface area (Å²) in [4.78, 5) is 6.73. The molecule has 0 amide bonds. The molecule has 4 heteroatoms. The Morgan fingerprint density at radius 1 is 0.384 bits per heavy atom. The fourth-order valence-corrected chi connectivity index (χ4v) is 16.5. The molecule has 0 radical (unpaired) electrons. The molecule has 2 spiro atoms. The molecule has 340 valence electrons. The van der Waals surface area contributed by atoms with E-state index in [0.29, 0.717) is 0 Å². The van der Waals surface area contributed by atoms with E-state index in [1.54, 1.807) is 0 Å². The van der Waals surface area contributed by atoms with Crippen molar-refractivity contribution in [3.8, 4) is 44.5 Å². The van der Waals surface area contributed by atoms with Crippen molar-refractivity contribution in [3.63, 3.8) is 0 Å². The number of benzene rings is 10. The zero-order valence-corrected chi connectivity index (χ0v) is 41.2. The van der Waals surface area contributed by atoms with Crippen molar-refractivity contribution in [1.29, 1.82) is 0 Å². The molecule has 3 heterocycles. The van der Waals surface area contributed by atoms with Crippen molar-refractivity contribution >= 4 is 67.9 Å². The highest BCUT2D eigenvalue weighted by molar-refractivity contribution is 7.30. The van der Waals surface area contributed by atoms with Crippen molar-refractivity contribution in [1.82, 2.24) is 0 Å². The van der Waals surface area contributed by atoms with E-state index in [4.69, 9.17) is 0 Å². The molecule has 2 nitrogen and oxygen atoms in total. The van der Waals surface area contributed by atoms with Crippen LogP contribution in [0.5, 0.6) is 0 Å². The topological polar surface area (TPSA) is 6.48 Å². The van der Waals surface area contributed by atoms with Gasteiger partial charge >= 0.3 is 0 Å². The fraction of sp³-hybridized carbons (Fsp3) is 0.0725. The molecule has 0 unspecified atom stereocenters. The van der Waals surface area contributed by atoms with Crippen LogP contribution in [0.2, 0.25) is 0 Å². The van der Waals surface area contributed by atoms with Gasteiger partial charge in [-0.1, -0.05) is 202 Å². The summed E-state index contributed by atoms with van der Waals surface area (Å²) in [6.07, 6.45) is 0. The highest BCUT2D eigenvalue weighted by atomic mass is 32.1. The Balaban J connectivity index is 1.04. The average molecular weight is 945 g/mol. The van der Waals surface area contributed by atoms with E-state index in [1.807, 2.05) is 0 Å². The molecule has 10 aromatic carbocycles. The second-order valence-electron chi connectivity index (χ2n) is 21.2. The van der Waals surface area contributed by atoms with Gasteiger partial charge in [-0.05, 0) is 143 Å². The summed E-state index contributed by atoms with van der Waals surface area (Å²) < 4.78 is 1.40. The first kappa shape index (κ1) is 40.2. The van der Waals surface area contributed by atoms with E-state index in [2.05, 4.69) is 266 Å². The van der Waals surface area contributed by atoms with Gasteiger partial charge in [0.15, 0.2) is 0 Å². The van der Waals surface area contributed by atoms with Gasteiger partial charge < -0.3 is 9.80 Å². The minimum absolute atomic E-state index is 0.0556. The first-order valence-corrected chi connectivity index (χ1v) is 26.7. The molecule has 11 aromatic rings. The predicted octanol–water partition coefficient (Wildman–Crippen LogP) is 15.6. The van der Waals surface area contributed by atoms with Crippen LogP contribution in [0.4, 0.5) is 34.1 Å². The summed E-state index contributed by atoms with van der Waals surface area (Å²) in [6.45, 7) is 4.66. The van der Waals surface area contributed by atoms with Crippen LogP contribution >= 0.6 is 11.3 Å². The van der Waals surface area contributed by atoms with E-state index >= 15 is 0 Å². The molecule has 17 rings (SSSR count). The van der Waals surface area contributed by atoms with Gasteiger partial charge in [0.1, 0.15) is 0 Å². The number of rotatable bonds is 3. The molecular formula is C69H45BN2S. The number of anilines is 6. The predicted molar refractivity (Wildman–Crippen MR) is 305 cm³/mol. The Labute approximate surface area is 430 Å². The Bertz CT molecular complexity index is 4130.